The number of rotatable bonds is 8. The average molecular weight is 300 g/mol. The van der Waals surface area contributed by atoms with Gasteiger partial charge in [0, 0.05) is 26.3 Å². The molecule has 0 radical (unpaired) electrons. The van der Waals surface area contributed by atoms with Crippen LogP contribution in [0.2, 0.25) is 0 Å². The molecule has 0 atom stereocenters. The SMILES string of the molecule is CCOCCCNC(=O)NCC1(C(=O)O)CCCCCC1. The molecule has 0 heterocycles. The lowest BCUT2D eigenvalue weighted by molar-refractivity contribution is -0.149. The third-order valence-corrected chi connectivity index (χ3v) is 4.06. The van der Waals surface area contributed by atoms with E-state index in [9.17, 15) is 14.7 Å². The van der Waals surface area contributed by atoms with Gasteiger partial charge in [-0.05, 0) is 26.2 Å². The van der Waals surface area contributed by atoms with Crippen LogP contribution in [0.25, 0.3) is 0 Å². The van der Waals surface area contributed by atoms with Gasteiger partial charge in [0.15, 0.2) is 0 Å². The molecule has 0 unspecified atom stereocenters. The predicted octanol–water partition coefficient (Wildman–Crippen LogP) is 2.14. The van der Waals surface area contributed by atoms with E-state index in [1.165, 1.54) is 0 Å². The van der Waals surface area contributed by atoms with Crippen LogP contribution in [0.3, 0.4) is 0 Å². The zero-order valence-electron chi connectivity index (χ0n) is 13.0. The van der Waals surface area contributed by atoms with Gasteiger partial charge in [0.2, 0.25) is 0 Å². The van der Waals surface area contributed by atoms with E-state index in [0.29, 0.717) is 32.6 Å². The van der Waals surface area contributed by atoms with Crippen LogP contribution in [0.15, 0.2) is 0 Å². The fraction of sp³-hybridized carbons (Fsp3) is 0.867. The molecule has 1 fully saturated rings. The lowest BCUT2D eigenvalue weighted by atomic mass is 9.80. The summed E-state index contributed by atoms with van der Waals surface area (Å²) in [6, 6.07) is -0.295. The number of nitrogens with one attached hydrogen (secondary N) is 2. The molecule has 0 aromatic carbocycles. The van der Waals surface area contributed by atoms with Crippen molar-refractivity contribution in [2.24, 2.45) is 5.41 Å². The Bertz CT molecular complexity index is 326. The first-order valence-electron chi connectivity index (χ1n) is 7.93. The number of hydrogen-bond donors (Lipinski definition) is 3. The highest BCUT2D eigenvalue weighted by molar-refractivity contribution is 5.78. The molecule has 21 heavy (non-hydrogen) atoms. The van der Waals surface area contributed by atoms with E-state index in [1.807, 2.05) is 6.92 Å². The monoisotopic (exact) mass is 300 g/mol. The van der Waals surface area contributed by atoms with Gasteiger partial charge in [-0.1, -0.05) is 25.7 Å². The maximum Gasteiger partial charge on any atom is 0.314 e. The molecule has 0 bridgehead atoms. The topological polar surface area (TPSA) is 87.7 Å². The smallest absolute Gasteiger partial charge is 0.314 e. The highest BCUT2D eigenvalue weighted by Gasteiger charge is 2.38. The maximum atomic E-state index is 11.7. The van der Waals surface area contributed by atoms with Gasteiger partial charge in [-0.3, -0.25) is 4.79 Å². The molecule has 2 amide bonds. The van der Waals surface area contributed by atoms with Crippen LogP contribution in [-0.2, 0) is 9.53 Å². The summed E-state index contributed by atoms with van der Waals surface area (Å²) >= 11 is 0. The molecule has 0 aromatic rings. The van der Waals surface area contributed by atoms with Crippen LogP contribution in [0.5, 0.6) is 0 Å². The zero-order chi connectivity index (χ0) is 15.6. The van der Waals surface area contributed by atoms with Crippen LogP contribution in [-0.4, -0.2) is 43.4 Å². The van der Waals surface area contributed by atoms with Crippen molar-refractivity contribution in [2.75, 3.05) is 26.3 Å². The number of amides is 2. The number of carboxylic acid groups (broad SMARTS) is 1. The molecule has 0 saturated heterocycles. The van der Waals surface area contributed by atoms with Crippen molar-refractivity contribution in [1.29, 1.82) is 0 Å². The van der Waals surface area contributed by atoms with E-state index in [4.69, 9.17) is 4.74 Å². The Morgan fingerprint density at radius 1 is 1.14 bits per heavy atom. The van der Waals surface area contributed by atoms with Crippen molar-refractivity contribution in [3.63, 3.8) is 0 Å². The second-order valence-electron chi connectivity index (χ2n) is 5.66. The first-order chi connectivity index (χ1) is 10.1. The minimum Gasteiger partial charge on any atom is -0.481 e. The van der Waals surface area contributed by atoms with Gasteiger partial charge in [0.25, 0.3) is 0 Å². The van der Waals surface area contributed by atoms with Crippen LogP contribution in [0, 0.1) is 5.41 Å². The summed E-state index contributed by atoms with van der Waals surface area (Å²) in [7, 11) is 0. The lowest BCUT2D eigenvalue weighted by Crippen LogP contribution is -2.46. The third kappa shape index (κ3) is 6.33. The number of carbonyl (C=O) groups is 2. The molecule has 1 aliphatic carbocycles. The fourth-order valence-electron chi connectivity index (χ4n) is 2.70. The summed E-state index contributed by atoms with van der Waals surface area (Å²) < 4.78 is 5.18. The van der Waals surface area contributed by atoms with Gasteiger partial charge in [-0.2, -0.15) is 0 Å². The molecule has 3 N–H and O–H groups in total. The van der Waals surface area contributed by atoms with E-state index < -0.39 is 11.4 Å². The summed E-state index contributed by atoms with van der Waals surface area (Å²) in [5.41, 5.74) is -0.792. The molecule has 1 saturated carbocycles. The third-order valence-electron chi connectivity index (χ3n) is 4.06. The number of ether oxygens (including phenoxy) is 1. The Balaban J connectivity index is 2.32. The molecule has 6 heteroatoms. The molecule has 0 aliphatic heterocycles. The highest BCUT2D eigenvalue weighted by Crippen LogP contribution is 2.34. The quantitative estimate of drug-likeness (QED) is 0.473. The van der Waals surface area contributed by atoms with Crippen molar-refractivity contribution in [3.8, 4) is 0 Å². The molecular weight excluding hydrogens is 272 g/mol. The number of hydrogen-bond acceptors (Lipinski definition) is 3. The van der Waals surface area contributed by atoms with Gasteiger partial charge in [0.1, 0.15) is 0 Å². The summed E-state index contributed by atoms with van der Waals surface area (Å²) in [6.07, 6.45) is 6.05. The standard InChI is InChI=1S/C15H28N2O4/c1-2-21-11-7-10-16-14(20)17-12-15(13(18)19)8-5-3-4-6-9-15/h2-12H2,1H3,(H,18,19)(H2,16,17,20). The Labute approximate surface area is 126 Å². The molecule has 0 aromatic heterocycles. The van der Waals surface area contributed by atoms with Crippen molar-refractivity contribution in [3.05, 3.63) is 0 Å². The summed E-state index contributed by atoms with van der Waals surface area (Å²) in [6.45, 7) is 3.97. The van der Waals surface area contributed by atoms with Crippen LogP contribution < -0.4 is 10.6 Å². The number of carbonyl (C=O) groups excluding carboxylic acids is 1. The Kier molecular flexibility index (Phi) is 8.12. The van der Waals surface area contributed by atoms with E-state index in [2.05, 4.69) is 10.6 Å². The highest BCUT2D eigenvalue weighted by atomic mass is 16.5. The minimum atomic E-state index is -0.792. The normalized spacial score (nSPS) is 17.8. The van der Waals surface area contributed by atoms with E-state index in [1.54, 1.807) is 0 Å². The number of urea groups is 1. The molecule has 0 spiro atoms. The van der Waals surface area contributed by atoms with E-state index in [-0.39, 0.29) is 12.6 Å². The Hall–Kier alpha value is -1.30. The molecule has 122 valence electrons. The van der Waals surface area contributed by atoms with Crippen LogP contribution >= 0.6 is 0 Å². The van der Waals surface area contributed by atoms with Crippen LogP contribution in [0.4, 0.5) is 4.79 Å². The minimum absolute atomic E-state index is 0.208. The van der Waals surface area contributed by atoms with Gasteiger partial charge in [0.05, 0.1) is 5.41 Å². The van der Waals surface area contributed by atoms with E-state index >= 15 is 0 Å². The van der Waals surface area contributed by atoms with Gasteiger partial charge < -0.3 is 20.5 Å². The molecule has 1 rings (SSSR count). The van der Waals surface area contributed by atoms with Crippen molar-refractivity contribution in [1.82, 2.24) is 10.6 Å². The van der Waals surface area contributed by atoms with Crippen molar-refractivity contribution in [2.45, 2.75) is 51.9 Å². The predicted molar refractivity (Wildman–Crippen MR) is 80.3 cm³/mol. The second-order valence-corrected chi connectivity index (χ2v) is 5.66. The molecule has 1 aliphatic rings. The first kappa shape index (κ1) is 17.8. The van der Waals surface area contributed by atoms with Gasteiger partial charge >= 0.3 is 12.0 Å². The largest absolute Gasteiger partial charge is 0.481 e. The zero-order valence-corrected chi connectivity index (χ0v) is 13.0. The van der Waals surface area contributed by atoms with Crippen molar-refractivity contribution < 1.29 is 19.4 Å². The maximum absolute atomic E-state index is 11.7. The molecular formula is C15H28N2O4. The lowest BCUT2D eigenvalue weighted by Gasteiger charge is -2.28. The van der Waals surface area contributed by atoms with Gasteiger partial charge in [-0.15, -0.1) is 0 Å². The number of carboxylic acids is 1. The summed E-state index contributed by atoms with van der Waals surface area (Å²) in [5, 5.41) is 15.0. The Morgan fingerprint density at radius 2 is 1.81 bits per heavy atom. The summed E-state index contributed by atoms with van der Waals surface area (Å²) in [5.74, 6) is -0.791. The summed E-state index contributed by atoms with van der Waals surface area (Å²) in [4.78, 5) is 23.3. The Morgan fingerprint density at radius 3 is 2.38 bits per heavy atom. The van der Waals surface area contributed by atoms with Crippen LogP contribution in [0.1, 0.15) is 51.9 Å². The molecule has 6 nitrogen and oxygen atoms in total. The van der Waals surface area contributed by atoms with E-state index in [0.717, 1.165) is 32.1 Å². The first-order valence-corrected chi connectivity index (χ1v) is 7.93. The van der Waals surface area contributed by atoms with Gasteiger partial charge in [-0.25, -0.2) is 4.79 Å². The number of aliphatic carboxylic acids is 1. The average Bonchev–Trinajstić information content (AvgIpc) is 2.71. The second kappa shape index (κ2) is 9.60. The fourth-order valence-corrected chi connectivity index (χ4v) is 2.70. The van der Waals surface area contributed by atoms with Crippen molar-refractivity contribution >= 4 is 12.0 Å².